The number of fused-ring (bicyclic) bond motifs is 2. The van der Waals surface area contributed by atoms with Crippen molar-refractivity contribution < 1.29 is 14.0 Å². The second-order valence-corrected chi connectivity index (χ2v) is 11.6. The van der Waals surface area contributed by atoms with Crippen molar-refractivity contribution in [2.45, 2.75) is 33.3 Å². The van der Waals surface area contributed by atoms with Crippen molar-refractivity contribution in [1.82, 2.24) is 0 Å². The number of hydrogen-bond donors (Lipinski definition) is 2. The van der Waals surface area contributed by atoms with E-state index in [1.165, 1.54) is 30.0 Å². The highest BCUT2D eigenvalue weighted by Crippen LogP contribution is 2.43. The van der Waals surface area contributed by atoms with E-state index in [0.717, 1.165) is 15.5 Å². The molecule has 3 amide bonds. The lowest BCUT2D eigenvalue weighted by Crippen LogP contribution is -2.49. The van der Waals surface area contributed by atoms with Crippen molar-refractivity contribution in [2.24, 2.45) is 0 Å². The molecule has 3 unspecified atom stereocenters. The lowest BCUT2D eigenvalue weighted by Gasteiger charge is -2.40. The van der Waals surface area contributed by atoms with Gasteiger partial charge in [0.15, 0.2) is 0 Å². The van der Waals surface area contributed by atoms with Crippen LogP contribution < -0.4 is 15.5 Å². The summed E-state index contributed by atoms with van der Waals surface area (Å²) in [6.45, 7) is 1.78. The Morgan fingerprint density at radius 2 is 1.78 bits per heavy atom. The zero-order valence-corrected chi connectivity index (χ0v) is 22.1. The quantitative estimate of drug-likeness (QED) is 0.320. The molecule has 5 rings (SSSR count). The fourth-order valence-electron chi connectivity index (χ4n) is 4.13. The molecular formula is C28H23ClFN3O2S2. The summed E-state index contributed by atoms with van der Waals surface area (Å²) in [5.41, 5.74) is 1.94. The van der Waals surface area contributed by atoms with E-state index < -0.39 is 11.1 Å². The van der Waals surface area contributed by atoms with Gasteiger partial charge in [0.2, 0.25) is 5.91 Å². The van der Waals surface area contributed by atoms with Crippen molar-refractivity contribution in [1.29, 1.82) is 0 Å². The SMILES string of the molecule is CC(Sc1cccc(NC(=O)N2c3ccccc3SC3C=CC=CC32)c1)C(=O)Nc1ccc(F)c(Cl)c1. The van der Waals surface area contributed by atoms with Crippen molar-refractivity contribution >= 4 is 64.1 Å². The number of para-hydroxylation sites is 1. The lowest BCUT2D eigenvalue weighted by molar-refractivity contribution is -0.115. The van der Waals surface area contributed by atoms with E-state index in [0.29, 0.717) is 11.4 Å². The molecule has 3 aromatic rings. The molecule has 2 aliphatic rings. The highest BCUT2D eigenvalue weighted by Gasteiger charge is 2.36. The third-order valence-electron chi connectivity index (χ3n) is 5.92. The molecule has 1 heterocycles. The molecule has 37 heavy (non-hydrogen) atoms. The van der Waals surface area contributed by atoms with E-state index in [1.54, 1.807) is 23.6 Å². The summed E-state index contributed by atoms with van der Waals surface area (Å²) in [6.07, 6.45) is 8.16. The lowest BCUT2D eigenvalue weighted by atomic mass is 10.1. The fraction of sp³-hybridized carbons (Fsp3) is 0.143. The fourth-order valence-corrected chi connectivity index (χ4v) is 6.50. The van der Waals surface area contributed by atoms with Gasteiger partial charge in [-0.1, -0.05) is 54.1 Å². The summed E-state index contributed by atoms with van der Waals surface area (Å²) < 4.78 is 13.4. The van der Waals surface area contributed by atoms with Crippen LogP contribution in [0.3, 0.4) is 0 Å². The molecule has 0 saturated heterocycles. The Bertz CT molecular complexity index is 1410. The Kier molecular flexibility index (Phi) is 7.60. The highest BCUT2D eigenvalue weighted by atomic mass is 35.5. The number of rotatable bonds is 5. The predicted molar refractivity (Wildman–Crippen MR) is 151 cm³/mol. The number of nitrogens with zero attached hydrogens (tertiary/aromatic N) is 1. The Labute approximate surface area is 228 Å². The minimum absolute atomic E-state index is 0.0532. The summed E-state index contributed by atoms with van der Waals surface area (Å²) in [7, 11) is 0. The van der Waals surface area contributed by atoms with E-state index in [-0.39, 0.29) is 28.3 Å². The van der Waals surface area contributed by atoms with Gasteiger partial charge < -0.3 is 10.6 Å². The van der Waals surface area contributed by atoms with E-state index in [2.05, 4.69) is 16.7 Å². The molecule has 3 aromatic carbocycles. The van der Waals surface area contributed by atoms with Crippen LogP contribution in [0.1, 0.15) is 6.92 Å². The molecule has 1 aliphatic carbocycles. The number of urea groups is 1. The number of allylic oxidation sites excluding steroid dienone is 2. The second kappa shape index (κ2) is 11.0. The molecule has 0 aromatic heterocycles. The maximum atomic E-state index is 13.5. The number of halogens is 2. The van der Waals surface area contributed by atoms with Crippen LogP contribution in [0.15, 0.2) is 101 Å². The van der Waals surface area contributed by atoms with Gasteiger partial charge in [0.1, 0.15) is 5.82 Å². The maximum absolute atomic E-state index is 13.5. The van der Waals surface area contributed by atoms with Crippen LogP contribution in [-0.2, 0) is 4.79 Å². The number of carbonyl (C=O) groups excluding carboxylic acids is 2. The summed E-state index contributed by atoms with van der Waals surface area (Å²) >= 11 is 8.92. The summed E-state index contributed by atoms with van der Waals surface area (Å²) in [5, 5.41) is 5.43. The van der Waals surface area contributed by atoms with E-state index >= 15 is 0 Å². The van der Waals surface area contributed by atoms with Crippen LogP contribution in [0.4, 0.5) is 26.2 Å². The van der Waals surface area contributed by atoms with Crippen LogP contribution >= 0.6 is 35.1 Å². The molecule has 1 aliphatic heterocycles. The Morgan fingerprint density at radius 1 is 1.00 bits per heavy atom. The molecular weight excluding hydrogens is 529 g/mol. The van der Waals surface area contributed by atoms with Crippen molar-refractivity contribution in [3.63, 3.8) is 0 Å². The van der Waals surface area contributed by atoms with Crippen molar-refractivity contribution in [3.05, 3.63) is 102 Å². The number of nitrogens with one attached hydrogen (secondary N) is 2. The topological polar surface area (TPSA) is 61.4 Å². The normalized spacial score (nSPS) is 18.5. The van der Waals surface area contributed by atoms with Crippen LogP contribution in [0.25, 0.3) is 0 Å². The molecule has 9 heteroatoms. The monoisotopic (exact) mass is 551 g/mol. The molecule has 188 valence electrons. The minimum Gasteiger partial charge on any atom is -0.325 e. The number of thioether (sulfide) groups is 2. The van der Waals surface area contributed by atoms with Crippen LogP contribution in [0, 0.1) is 5.82 Å². The minimum atomic E-state index is -0.542. The first-order valence-electron chi connectivity index (χ1n) is 11.6. The molecule has 0 radical (unpaired) electrons. The average molecular weight is 552 g/mol. The molecule has 2 N–H and O–H groups in total. The van der Waals surface area contributed by atoms with E-state index in [1.807, 2.05) is 66.8 Å². The largest absolute Gasteiger partial charge is 0.326 e. The number of amides is 3. The van der Waals surface area contributed by atoms with Gasteiger partial charge >= 0.3 is 6.03 Å². The van der Waals surface area contributed by atoms with Gasteiger partial charge in [-0.05, 0) is 55.5 Å². The van der Waals surface area contributed by atoms with Gasteiger partial charge in [-0.3, -0.25) is 9.69 Å². The highest BCUT2D eigenvalue weighted by molar-refractivity contribution is 8.00. The smallest absolute Gasteiger partial charge is 0.325 e. The molecule has 0 saturated carbocycles. The van der Waals surface area contributed by atoms with Gasteiger partial charge in [-0.15, -0.1) is 23.5 Å². The van der Waals surface area contributed by atoms with Crippen molar-refractivity contribution in [2.75, 3.05) is 15.5 Å². The first-order valence-corrected chi connectivity index (χ1v) is 13.8. The van der Waals surface area contributed by atoms with Gasteiger partial charge in [0.25, 0.3) is 0 Å². The Balaban J connectivity index is 1.28. The summed E-state index contributed by atoms with van der Waals surface area (Å²) in [5.74, 6) is -0.785. The van der Waals surface area contributed by atoms with E-state index in [4.69, 9.17) is 11.6 Å². The summed E-state index contributed by atoms with van der Waals surface area (Å²) in [6, 6.07) is 19.1. The van der Waals surface area contributed by atoms with Crippen LogP contribution in [0.5, 0.6) is 0 Å². The number of carbonyl (C=O) groups is 2. The van der Waals surface area contributed by atoms with Crippen LogP contribution in [-0.4, -0.2) is 28.5 Å². The number of hydrogen-bond acceptors (Lipinski definition) is 4. The van der Waals surface area contributed by atoms with E-state index in [9.17, 15) is 14.0 Å². The number of anilines is 3. The maximum Gasteiger partial charge on any atom is 0.326 e. The molecule has 0 bridgehead atoms. The van der Waals surface area contributed by atoms with Gasteiger partial charge in [0, 0.05) is 21.2 Å². The summed E-state index contributed by atoms with van der Waals surface area (Å²) in [4.78, 5) is 29.9. The van der Waals surface area contributed by atoms with Gasteiger partial charge in [-0.2, -0.15) is 0 Å². The molecule has 0 spiro atoms. The van der Waals surface area contributed by atoms with Crippen LogP contribution in [0.2, 0.25) is 5.02 Å². The molecule has 5 nitrogen and oxygen atoms in total. The Morgan fingerprint density at radius 3 is 2.62 bits per heavy atom. The number of benzene rings is 3. The predicted octanol–water partition coefficient (Wildman–Crippen LogP) is 7.61. The molecule has 0 fully saturated rings. The average Bonchev–Trinajstić information content (AvgIpc) is 2.89. The Hall–Kier alpha value is -3.20. The third kappa shape index (κ3) is 5.71. The third-order valence-corrected chi connectivity index (χ3v) is 8.61. The van der Waals surface area contributed by atoms with Gasteiger partial charge in [0.05, 0.1) is 27.3 Å². The second-order valence-electron chi connectivity index (χ2n) is 8.52. The molecule has 3 atom stereocenters. The zero-order chi connectivity index (χ0) is 25.9. The zero-order valence-electron chi connectivity index (χ0n) is 19.7. The first-order chi connectivity index (χ1) is 17.9. The van der Waals surface area contributed by atoms with Gasteiger partial charge in [-0.25, -0.2) is 9.18 Å². The van der Waals surface area contributed by atoms with Crippen molar-refractivity contribution in [3.8, 4) is 0 Å². The standard InChI is InChI=1S/C28H23ClFN3O2S2/c1-17(27(34)31-19-13-14-22(30)21(29)16-19)36-20-8-6-7-18(15-20)32-28(35)33-23-9-2-4-11-25(23)37-26-12-5-3-10-24(26)33/h2-17,23,25H,1H3,(H,31,34)(H,32,35). The first kappa shape index (κ1) is 25.4.